The fourth-order valence-electron chi connectivity index (χ4n) is 2.77. The topological polar surface area (TPSA) is 144 Å². The highest BCUT2D eigenvalue weighted by molar-refractivity contribution is 7.99. The van der Waals surface area contributed by atoms with Gasteiger partial charge in [-0.1, -0.05) is 17.8 Å². The first-order chi connectivity index (χ1) is 15.0. The molecule has 0 spiro atoms. The molecule has 3 rings (SSSR count). The molecule has 32 heavy (non-hydrogen) atoms. The number of aromatic nitrogens is 2. The molecule has 0 aliphatic carbocycles. The fraction of sp³-hybridized carbons (Fsp3) is 0.474. The van der Waals surface area contributed by atoms with E-state index in [1.54, 1.807) is 32.9 Å². The van der Waals surface area contributed by atoms with Gasteiger partial charge in [0.2, 0.25) is 21.8 Å². The molecule has 11 nitrogen and oxygen atoms in total. The van der Waals surface area contributed by atoms with E-state index in [2.05, 4.69) is 20.8 Å². The van der Waals surface area contributed by atoms with Crippen LogP contribution in [0.15, 0.2) is 38.8 Å². The number of morpholine rings is 1. The molecule has 1 saturated heterocycles. The summed E-state index contributed by atoms with van der Waals surface area (Å²) in [4.78, 5) is 23.8. The number of nitrogens with zero attached hydrogens (tertiary/aromatic N) is 3. The van der Waals surface area contributed by atoms with Crippen LogP contribution in [0.2, 0.25) is 0 Å². The van der Waals surface area contributed by atoms with Crippen molar-refractivity contribution in [2.45, 2.75) is 36.4 Å². The molecule has 1 fully saturated rings. The summed E-state index contributed by atoms with van der Waals surface area (Å²) in [5, 5.41) is 12.8. The van der Waals surface area contributed by atoms with Gasteiger partial charge in [-0.3, -0.25) is 10.1 Å². The van der Waals surface area contributed by atoms with Crippen molar-refractivity contribution in [2.75, 3.05) is 32.1 Å². The number of sulfonamides is 1. The lowest BCUT2D eigenvalue weighted by molar-refractivity contribution is -0.117. The Labute approximate surface area is 190 Å². The van der Waals surface area contributed by atoms with Crippen molar-refractivity contribution in [1.82, 2.24) is 25.1 Å². The summed E-state index contributed by atoms with van der Waals surface area (Å²) in [5.74, 6) is -0.502. The van der Waals surface area contributed by atoms with Crippen molar-refractivity contribution in [3.8, 4) is 11.5 Å². The predicted octanol–water partition coefficient (Wildman–Crippen LogP) is 1.47. The van der Waals surface area contributed by atoms with Crippen molar-refractivity contribution in [3.63, 3.8) is 0 Å². The Morgan fingerprint density at radius 1 is 1.19 bits per heavy atom. The summed E-state index contributed by atoms with van der Waals surface area (Å²) in [6.07, 6.45) is 0. The Morgan fingerprint density at radius 3 is 2.59 bits per heavy atom. The van der Waals surface area contributed by atoms with E-state index < -0.39 is 27.5 Å². The molecule has 1 aliphatic heterocycles. The second-order valence-corrected chi connectivity index (χ2v) is 10.8. The molecule has 3 amide bonds. The lowest BCUT2D eigenvalue weighted by atomic mass is 10.1. The molecule has 1 aliphatic rings. The molecule has 13 heteroatoms. The highest BCUT2D eigenvalue weighted by Crippen LogP contribution is 2.26. The summed E-state index contributed by atoms with van der Waals surface area (Å²) in [7, 11) is -3.66. The molecular weight excluding hydrogens is 458 g/mol. The highest BCUT2D eigenvalue weighted by atomic mass is 32.2. The first kappa shape index (κ1) is 24.2. The van der Waals surface area contributed by atoms with Crippen LogP contribution in [-0.4, -0.2) is 72.5 Å². The van der Waals surface area contributed by atoms with E-state index in [0.717, 1.165) is 11.8 Å². The third-order valence-corrected chi connectivity index (χ3v) is 6.88. The number of rotatable bonds is 6. The number of imide groups is 1. The van der Waals surface area contributed by atoms with Crippen LogP contribution < -0.4 is 10.6 Å². The van der Waals surface area contributed by atoms with Crippen LogP contribution in [0.25, 0.3) is 11.5 Å². The number of benzene rings is 1. The Bertz CT molecular complexity index is 1070. The zero-order valence-corrected chi connectivity index (χ0v) is 19.6. The average molecular weight is 484 g/mol. The van der Waals surface area contributed by atoms with Crippen LogP contribution in [0.1, 0.15) is 20.8 Å². The third-order valence-electron chi connectivity index (χ3n) is 4.16. The zero-order chi connectivity index (χ0) is 23.4. The number of ether oxygens (including phenoxy) is 1. The van der Waals surface area contributed by atoms with Crippen molar-refractivity contribution < 1.29 is 27.2 Å². The van der Waals surface area contributed by atoms with Crippen LogP contribution in [0.5, 0.6) is 0 Å². The van der Waals surface area contributed by atoms with E-state index in [1.807, 2.05) is 0 Å². The third kappa shape index (κ3) is 6.51. The van der Waals surface area contributed by atoms with Gasteiger partial charge in [0.25, 0.3) is 5.22 Å². The molecule has 2 N–H and O–H groups in total. The maximum atomic E-state index is 12.9. The van der Waals surface area contributed by atoms with Crippen LogP contribution in [0.4, 0.5) is 4.79 Å². The first-order valence-electron chi connectivity index (χ1n) is 9.81. The minimum absolute atomic E-state index is 0.107. The number of urea groups is 1. The summed E-state index contributed by atoms with van der Waals surface area (Å²) in [6.45, 7) is 6.70. The van der Waals surface area contributed by atoms with E-state index in [9.17, 15) is 18.0 Å². The van der Waals surface area contributed by atoms with E-state index >= 15 is 0 Å². The zero-order valence-electron chi connectivity index (χ0n) is 18.0. The largest absolute Gasteiger partial charge is 0.411 e. The van der Waals surface area contributed by atoms with E-state index in [-0.39, 0.29) is 21.8 Å². The molecule has 0 bridgehead atoms. The molecule has 1 aromatic heterocycles. The van der Waals surface area contributed by atoms with Gasteiger partial charge in [-0.25, -0.2) is 13.2 Å². The van der Waals surface area contributed by atoms with Gasteiger partial charge in [0.05, 0.1) is 23.9 Å². The maximum Gasteiger partial charge on any atom is 0.321 e. The monoisotopic (exact) mass is 483 g/mol. The number of nitrogens with one attached hydrogen (secondary N) is 2. The van der Waals surface area contributed by atoms with Crippen LogP contribution in [0.3, 0.4) is 0 Å². The number of carbonyl (C=O) groups is 2. The second-order valence-electron chi connectivity index (χ2n) is 7.96. The van der Waals surface area contributed by atoms with Crippen molar-refractivity contribution in [3.05, 3.63) is 24.3 Å². The second kappa shape index (κ2) is 9.98. The van der Waals surface area contributed by atoms with Gasteiger partial charge in [-0.15, -0.1) is 10.2 Å². The Balaban J connectivity index is 1.62. The molecule has 174 valence electrons. The predicted molar refractivity (Wildman–Crippen MR) is 116 cm³/mol. The summed E-state index contributed by atoms with van der Waals surface area (Å²) >= 11 is 0.964. The number of carbonyl (C=O) groups excluding carboxylic acids is 2. The van der Waals surface area contributed by atoms with Crippen molar-refractivity contribution in [2.24, 2.45) is 0 Å². The Morgan fingerprint density at radius 2 is 1.91 bits per heavy atom. The van der Waals surface area contributed by atoms with Crippen LogP contribution >= 0.6 is 11.8 Å². The lowest BCUT2D eigenvalue weighted by Crippen LogP contribution is -2.48. The average Bonchev–Trinajstić information content (AvgIpc) is 3.21. The van der Waals surface area contributed by atoms with Crippen molar-refractivity contribution in [1.29, 1.82) is 0 Å². The van der Waals surface area contributed by atoms with E-state index in [1.165, 1.54) is 16.4 Å². The smallest absolute Gasteiger partial charge is 0.321 e. The SMILES string of the molecule is CC(C)(C)NC(=O)NC(=O)CSc1nnc(-c2cccc(S(=O)(=O)N3CCOCC3)c2)o1. The van der Waals surface area contributed by atoms with Gasteiger partial charge in [0, 0.05) is 24.2 Å². The molecule has 0 radical (unpaired) electrons. The van der Waals surface area contributed by atoms with Gasteiger partial charge in [-0.05, 0) is 39.0 Å². The maximum absolute atomic E-state index is 12.9. The van der Waals surface area contributed by atoms with E-state index in [4.69, 9.17) is 9.15 Å². The number of hydrogen-bond acceptors (Lipinski definition) is 9. The quantitative estimate of drug-likeness (QED) is 0.584. The Kier molecular flexibility index (Phi) is 7.54. The van der Waals surface area contributed by atoms with Crippen molar-refractivity contribution >= 4 is 33.7 Å². The molecular formula is C19H25N5O6S2. The molecule has 0 unspecified atom stereocenters. The van der Waals surface area contributed by atoms with E-state index in [0.29, 0.717) is 31.9 Å². The van der Waals surface area contributed by atoms with Gasteiger partial charge < -0.3 is 14.5 Å². The van der Waals surface area contributed by atoms with Gasteiger partial charge in [0.1, 0.15) is 0 Å². The summed E-state index contributed by atoms with van der Waals surface area (Å²) in [5.41, 5.74) is -0.0319. The minimum Gasteiger partial charge on any atom is -0.411 e. The number of amides is 3. The minimum atomic E-state index is -3.66. The summed E-state index contributed by atoms with van der Waals surface area (Å²) < 4.78 is 37.8. The van der Waals surface area contributed by atoms with Crippen LogP contribution in [-0.2, 0) is 19.6 Å². The molecule has 2 heterocycles. The molecule has 1 aromatic carbocycles. The fourth-order valence-corrected chi connectivity index (χ4v) is 4.79. The summed E-state index contributed by atoms with van der Waals surface area (Å²) in [6, 6.07) is 5.64. The standard InChI is InChI=1S/C19H25N5O6S2/c1-19(2,3)21-17(26)20-15(25)12-31-18-23-22-16(30-18)13-5-4-6-14(11-13)32(27,28)24-7-9-29-10-8-24/h4-6,11H,7-10,12H2,1-3H3,(H2,20,21,25,26). The lowest BCUT2D eigenvalue weighted by Gasteiger charge is -2.26. The molecule has 0 saturated carbocycles. The van der Waals surface area contributed by atoms with Gasteiger partial charge >= 0.3 is 6.03 Å². The molecule has 2 aromatic rings. The molecule has 0 atom stereocenters. The highest BCUT2D eigenvalue weighted by Gasteiger charge is 2.27. The first-order valence-corrected chi connectivity index (χ1v) is 12.2. The number of hydrogen-bond donors (Lipinski definition) is 2. The number of thioether (sulfide) groups is 1. The van der Waals surface area contributed by atoms with Crippen LogP contribution in [0, 0.1) is 0 Å². The van der Waals surface area contributed by atoms with Gasteiger partial charge in [0.15, 0.2) is 0 Å². The Hall–Kier alpha value is -2.48. The van der Waals surface area contributed by atoms with Gasteiger partial charge in [-0.2, -0.15) is 4.31 Å². The normalized spacial score (nSPS) is 15.3.